The Morgan fingerprint density at radius 3 is 1.98 bits per heavy atom. The van der Waals surface area contributed by atoms with Gasteiger partial charge in [0.05, 0.1) is 31.3 Å². The van der Waals surface area contributed by atoms with E-state index < -0.39 is 0 Å². The summed E-state index contributed by atoms with van der Waals surface area (Å²) in [6.07, 6.45) is 0. The van der Waals surface area contributed by atoms with Gasteiger partial charge in [-0.15, -0.1) is 5.10 Å². The maximum absolute atomic E-state index is 5.85. The van der Waals surface area contributed by atoms with Crippen LogP contribution >= 0.6 is 0 Å². The van der Waals surface area contributed by atoms with Crippen molar-refractivity contribution >= 4 is 6.01 Å². The summed E-state index contributed by atoms with van der Waals surface area (Å²) >= 11 is 0. The van der Waals surface area contributed by atoms with Gasteiger partial charge in [-0.1, -0.05) is 35.4 Å². The molecular formula is C32H27N5O3. The van der Waals surface area contributed by atoms with Gasteiger partial charge in [0.25, 0.3) is 0 Å². The molecule has 0 unspecified atom stereocenters. The Morgan fingerprint density at radius 2 is 1.32 bits per heavy atom. The van der Waals surface area contributed by atoms with Gasteiger partial charge in [0, 0.05) is 23.2 Å². The standard InChI is InChI=1S/C32H27N5O3/c1-38-27-16-10-23(11-17-27)29-20-30(24-12-18-28(39-2)19-13-24)37(36-29)26-14-8-25(9-15-26)31-34-35-32(40-31)33-21-22-6-4-3-5-7-22/h3-20H,21H2,1-2H3,(H,33,35). The van der Waals surface area contributed by atoms with E-state index in [2.05, 4.69) is 21.6 Å². The van der Waals surface area contributed by atoms with E-state index in [9.17, 15) is 0 Å². The summed E-state index contributed by atoms with van der Waals surface area (Å²) in [6.45, 7) is 0.603. The molecule has 0 saturated carbocycles. The number of nitrogens with zero attached hydrogens (tertiary/aromatic N) is 4. The van der Waals surface area contributed by atoms with E-state index in [4.69, 9.17) is 19.0 Å². The average Bonchev–Trinajstić information content (AvgIpc) is 3.69. The van der Waals surface area contributed by atoms with E-state index in [0.717, 1.165) is 50.8 Å². The van der Waals surface area contributed by atoms with Crippen molar-refractivity contribution in [3.05, 3.63) is 115 Å². The number of benzene rings is 4. The molecule has 2 aromatic heterocycles. The van der Waals surface area contributed by atoms with Crippen LogP contribution in [0.15, 0.2) is 114 Å². The summed E-state index contributed by atoms with van der Waals surface area (Å²) in [5, 5.41) is 16.5. The van der Waals surface area contributed by atoms with E-state index >= 15 is 0 Å². The summed E-state index contributed by atoms with van der Waals surface area (Å²) in [6, 6.07) is 36.2. The predicted molar refractivity (Wildman–Crippen MR) is 155 cm³/mol. The Labute approximate surface area is 231 Å². The molecule has 0 amide bonds. The summed E-state index contributed by atoms with van der Waals surface area (Å²) in [5.74, 6) is 2.04. The van der Waals surface area contributed by atoms with Crippen LogP contribution < -0.4 is 14.8 Å². The van der Waals surface area contributed by atoms with Gasteiger partial charge in [0.1, 0.15) is 11.5 Å². The second-order valence-electron chi connectivity index (χ2n) is 9.08. The fourth-order valence-corrected chi connectivity index (χ4v) is 4.38. The third-order valence-corrected chi connectivity index (χ3v) is 6.55. The Bertz CT molecular complexity index is 1690. The molecule has 6 rings (SSSR count). The lowest BCUT2D eigenvalue weighted by molar-refractivity contribution is 0.414. The van der Waals surface area contributed by atoms with Crippen LogP contribution in [-0.2, 0) is 6.54 Å². The van der Waals surface area contributed by atoms with E-state index in [-0.39, 0.29) is 0 Å². The van der Waals surface area contributed by atoms with Crippen LogP contribution in [0, 0.1) is 0 Å². The minimum absolute atomic E-state index is 0.376. The fourth-order valence-electron chi connectivity index (χ4n) is 4.38. The molecule has 0 aliphatic heterocycles. The topological polar surface area (TPSA) is 87.2 Å². The van der Waals surface area contributed by atoms with Crippen molar-refractivity contribution < 1.29 is 13.9 Å². The molecule has 0 aliphatic rings. The second-order valence-corrected chi connectivity index (χ2v) is 9.08. The summed E-state index contributed by atoms with van der Waals surface area (Å²) in [5.41, 5.74) is 6.66. The highest BCUT2D eigenvalue weighted by Gasteiger charge is 2.15. The maximum atomic E-state index is 5.85. The minimum Gasteiger partial charge on any atom is -0.497 e. The molecule has 1 N–H and O–H groups in total. The second kappa shape index (κ2) is 11.2. The number of anilines is 1. The number of hydrogen-bond acceptors (Lipinski definition) is 7. The molecule has 4 aromatic carbocycles. The molecule has 0 atom stereocenters. The van der Waals surface area contributed by atoms with Crippen LogP contribution in [0.1, 0.15) is 5.56 Å². The van der Waals surface area contributed by atoms with Crippen LogP contribution in [0.5, 0.6) is 11.5 Å². The first-order chi connectivity index (χ1) is 19.7. The van der Waals surface area contributed by atoms with Crippen molar-refractivity contribution in [1.82, 2.24) is 20.0 Å². The fraction of sp³-hybridized carbons (Fsp3) is 0.0938. The molecule has 0 spiro atoms. The molecular weight excluding hydrogens is 502 g/mol. The zero-order chi connectivity index (χ0) is 27.3. The Hall–Kier alpha value is -5.37. The molecule has 0 fully saturated rings. The molecule has 0 saturated heterocycles. The predicted octanol–water partition coefficient (Wildman–Crippen LogP) is 6.89. The lowest BCUT2D eigenvalue weighted by atomic mass is 10.1. The molecule has 40 heavy (non-hydrogen) atoms. The Kier molecular flexibility index (Phi) is 6.96. The molecule has 198 valence electrons. The normalized spacial score (nSPS) is 10.8. The molecule has 0 radical (unpaired) electrons. The first-order valence-corrected chi connectivity index (χ1v) is 12.8. The van der Waals surface area contributed by atoms with Crippen LogP contribution in [0.2, 0.25) is 0 Å². The molecule has 2 heterocycles. The van der Waals surface area contributed by atoms with Crippen LogP contribution in [0.3, 0.4) is 0 Å². The van der Waals surface area contributed by atoms with Crippen LogP contribution in [0.4, 0.5) is 6.01 Å². The van der Waals surface area contributed by atoms with Crippen molar-refractivity contribution in [3.8, 4) is 51.2 Å². The van der Waals surface area contributed by atoms with Gasteiger partial charge in [-0.2, -0.15) is 5.10 Å². The number of ether oxygens (including phenoxy) is 2. The van der Waals surface area contributed by atoms with E-state index in [1.54, 1.807) is 14.2 Å². The van der Waals surface area contributed by atoms with Crippen molar-refractivity contribution in [2.45, 2.75) is 6.54 Å². The highest BCUT2D eigenvalue weighted by atomic mass is 16.5. The molecule has 8 heteroatoms. The number of aromatic nitrogens is 4. The first kappa shape index (κ1) is 24.9. The lowest BCUT2D eigenvalue weighted by Crippen LogP contribution is -1.99. The Morgan fingerprint density at radius 1 is 0.700 bits per heavy atom. The largest absolute Gasteiger partial charge is 0.497 e. The highest BCUT2D eigenvalue weighted by Crippen LogP contribution is 2.31. The van der Waals surface area contributed by atoms with E-state index in [1.165, 1.54) is 0 Å². The number of nitrogens with one attached hydrogen (secondary N) is 1. The quantitative estimate of drug-likeness (QED) is 0.218. The zero-order valence-electron chi connectivity index (χ0n) is 22.1. The highest BCUT2D eigenvalue weighted by molar-refractivity contribution is 5.71. The van der Waals surface area contributed by atoms with Crippen molar-refractivity contribution in [2.24, 2.45) is 0 Å². The average molecular weight is 530 g/mol. The third kappa shape index (κ3) is 5.28. The van der Waals surface area contributed by atoms with Gasteiger partial charge in [-0.25, -0.2) is 4.68 Å². The Balaban J connectivity index is 1.29. The van der Waals surface area contributed by atoms with Gasteiger partial charge >= 0.3 is 6.01 Å². The van der Waals surface area contributed by atoms with Crippen LogP contribution in [-0.4, -0.2) is 34.2 Å². The molecule has 6 aromatic rings. The SMILES string of the molecule is COc1ccc(-c2cc(-c3ccc(OC)cc3)n(-c3ccc(-c4nnc(NCc5ccccc5)o4)cc3)n2)cc1. The van der Waals surface area contributed by atoms with Crippen molar-refractivity contribution in [3.63, 3.8) is 0 Å². The summed E-state index contributed by atoms with van der Waals surface area (Å²) in [4.78, 5) is 0. The van der Waals surface area contributed by atoms with Gasteiger partial charge in [0.15, 0.2) is 0 Å². The van der Waals surface area contributed by atoms with Crippen molar-refractivity contribution in [1.29, 1.82) is 0 Å². The molecule has 8 nitrogen and oxygen atoms in total. The van der Waals surface area contributed by atoms with E-state index in [1.807, 2.05) is 108 Å². The number of hydrogen-bond donors (Lipinski definition) is 1. The number of rotatable bonds is 9. The summed E-state index contributed by atoms with van der Waals surface area (Å²) in [7, 11) is 3.32. The monoisotopic (exact) mass is 529 g/mol. The molecule has 0 aliphatic carbocycles. The number of methoxy groups -OCH3 is 2. The van der Waals surface area contributed by atoms with Gasteiger partial charge in [0.2, 0.25) is 5.89 Å². The summed E-state index contributed by atoms with van der Waals surface area (Å²) < 4.78 is 18.5. The lowest BCUT2D eigenvalue weighted by Gasteiger charge is -2.09. The van der Waals surface area contributed by atoms with Crippen molar-refractivity contribution in [2.75, 3.05) is 19.5 Å². The minimum atomic E-state index is 0.376. The first-order valence-electron chi connectivity index (χ1n) is 12.8. The zero-order valence-corrected chi connectivity index (χ0v) is 22.1. The van der Waals surface area contributed by atoms with Gasteiger partial charge in [-0.3, -0.25) is 0 Å². The van der Waals surface area contributed by atoms with Crippen LogP contribution in [0.25, 0.3) is 39.7 Å². The molecule has 0 bridgehead atoms. The smallest absolute Gasteiger partial charge is 0.316 e. The van der Waals surface area contributed by atoms with Gasteiger partial charge in [-0.05, 0) is 84.4 Å². The van der Waals surface area contributed by atoms with E-state index in [0.29, 0.717) is 18.5 Å². The maximum Gasteiger partial charge on any atom is 0.316 e. The third-order valence-electron chi connectivity index (χ3n) is 6.55. The van der Waals surface area contributed by atoms with Gasteiger partial charge < -0.3 is 19.2 Å².